The molecule has 1 aliphatic carbocycles. The SMILES string of the molecule is CO.COCCNc1nc(C(F)(F)F)ccc1-c1cc(Nc2cccc3c2CCCC3)ncn1. The van der Waals surface area contributed by atoms with E-state index in [0.29, 0.717) is 30.2 Å². The van der Waals surface area contributed by atoms with Crippen LogP contribution < -0.4 is 10.6 Å². The second-order valence-corrected chi connectivity index (χ2v) is 7.57. The van der Waals surface area contributed by atoms with Gasteiger partial charge in [0.15, 0.2) is 0 Å². The molecule has 0 spiro atoms. The van der Waals surface area contributed by atoms with Crippen molar-refractivity contribution in [2.75, 3.05) is 38.0 Å². The summed E-state index contributed by atoms with van der Waals surface area (Å²) < 4.78 is 44.5. The quantitative estimate of drug-likeness (QED) is 0.421. The molecule has 3 N–H and O–H groups in total. The average Bonchev–Trinajstić information content (AvgIpc) is 2.85. The molecule has 1 aliphatic rings. The van der Waals surface area contributed by atoms with Crippen LogP contribution in [-0.2, 0) is 23.8 Å². The van der Waals surface area contributed by atoms with Gasteiger partial charge in [0.25, 0.3) is 0 Å². The van der Waals surface area contributed by atoms with Crippen LogP contribution in [0.1, 0.15) is 29.7 Å². The number of hydrogen-bond donors (Lipinski definition) is 3. The lowest BCUT2D eigenvalue weighted by molar-refractivity contribution is -0.141. The fourth-order valence-corrected chi connectivity index (χ4v) is 3.84. The Balaban J connectivity index is 0.00000158. The second kappa shape index (κ2) is 11.8. The van der Waals surface area contributed by atoms with Crippen molar-refractivity contribution in [1.82, 2.24) is 15.0 Å². The summed E-state index contributed by atoms with van der Waals surface area (Å²) >= 11 is 0. The van der Waals surface area contributed by atoms with E-state index in [1.807, 2.05) is 12.1 Å². The average molecular weight is 476 g/mol. The lowest BCUT2D eigenvalue weighted by Crippen LogP contribution is -2.14. The van der Waals surface area contributed by atoms with E-state index in [-0.39, 0.29) is 5.82 Å². The van der Waals surface area contributed by atoms with Gasteiger partial charge in [-0.1, -0.05) is 12.1 Å². The van der Waals surface area contributed by atoms with Crippen LogP contribution in [-0.4, -0.2) is 47.4 Å². The van der Waals surface area contributed by atoms with E-state index in [1.165, 1.54) is 37.1 Å². The van der Waals surface area contributed by atoms with Gasteiger partial charge in [-0.25, -0.2) is 15.0 Å². The Kier molecular flexibility index (Phi) is 8.78. The zero-order valence-electron chi connectivity index (χ0n) is 19.1. The summed E-state index contributed by atoms with van der Waals surface area (Å²) in [6.07, 6.45) is 1.26. The minimum Gasteiger partial charge on any atom is -0.400 e. The molecule has 0 fully saturated rings. The number of halogens is 3. The third-order valence-electron chi connectivity index (χ3n) is 5.39. The number of aliphatic hydroxyl groups is 1. The topological polar surface area (TPSA) is 92.2 Å². The number of hydrogen-bond acceptors (Lipinski definition) is 7. The molecule has 0 unspecified atom stereocenters. The van der Waals surface area contributed by atoms with Crippen LogP contribution in [0.3, 0.4) is 0 Å². The second-order valence-electron chi connectivity index (χ2n) is 7.57. The Morgan fingerprint density at radius 1 is 1.06 bits per heavy atom. The summed E-state index contributed by atoms with van der Waals surface area (Å²) in [6, 6.07) is 10.2. The van der Waals surface area contributed by atoms with Crippen LogP contribution in [0.4, 0.5) is 30.5 Å². The Bertz CT molecular complexity index is 1090. The molecule has 7 nitrogen and oxygen atoms in total. The maximum absolute atomic E-state index is 13.2. The number of alkyl halides is 3. The van der Waals surface area contributed by atoms with E-state index in [9.17, 15) is 13.2 Å². The molecular weight excluding hydrogens is 447 g/mol. The number of fused-ring (bicyclic) bond motifs is 1. The van der Waals surface area contributed by atoms with Crippen LogP contribution in [0.5, 0.6) is 0 Å². The van der Waals surface area contributed by atoms with Gasteiger partial charge in [-0.3, -0.25) is 0 Å². The zero-order chi connectivity index (χ0) is 24.6. The molecule has 4 rings (SSSR count). The molecule has 0 bridgehead atoms. The van der Waals surface area contributed by atoms with Gasteiger partial charge in [0.2, 0.25) is 0 Å². The van der Waals surface area contributed by atoms with E-state index in [1.54, 1.807) is 6.07 Å². The summed E-state index contributed by atoms with van der Waals surface area (Å²) in [6.45, 7) is 0.636. The van der Waals surface area contributed by atoms with Crippen LogP contribution in [0, 0.1) is 0 Å². The van der Waals surface area contributed by atoms with Crippen LogP contribution >= 0.6 is 0 Å². The van der Waals surface area contributed by atoms with Crippen molar-refractivity contribution in [3.05, 3.63) is 59.5 Å². The summed E-state index contributed by atoms with van der Waals surface area (Å²) in [7, 11) is 2.52. The third-order valence-corrected chi connectivity index (χ3v) is 5.39. The van der Waals surface area contributed by atoms with Crippen LogP contribution in [0.25, 0.3) is 11.3 Å². The van der Waals surface area contributed by atoms with Crippen molar-refractivity contribution in [2.45, 2.75) is 31.9 Å². The van der Waals surface area contributed by atoms with Gasteiger partial charge in [0.1, 0.15) is 23.7 Å². The Morgan fingerprint density at radius 3 is 2.62 bits per heavy atom. The Morgan fingerprint density at radius 2 is 1.85 bits per heavy atom. The summed E-state index contributed by atoms with van der Waals surface area (Å²) in [5, 5.41) is 13.3. The molecule has 3 aromatic rings. The van der Waals surface area contributed by atoms with Crippen molar-refractivity contribution in [3.63, 3.8) is 0 Å². The van der Waals surface area contributed by atoms with Crippen molar-refractivity contribution in [2.24, 2.45) is 0 Å². The molecule has 0 amide bonds. The van der Waals surface area contributed by atoms with Gasteiger partial charge in [-0.15, -0.1) is 0 Å². The van der Waals surface area contributed by atoms with E-state index in [4.69, 9.17) is 9.84 Å². The highest BCUT2D eigenvalue weighted by atomic mass is 19.4. The van der Waals surface area contributed by atoms with E-state index in [2.05, 4.69) is 31.7 Å². The summed E-state index contributed by atoms with van der Waals surface area (Å²) in [4.78, 5) is 12.4. The smallest absolute Gasteiger partial charge is 0.400 e. The molecule has 0 saturated carbocycles. The normalized spacial score (nSPS) is 12.9. The molecule has 34 heavy (non-hydrogen) atoms. The largest absolute Gasteiger partial charge is 0.433 e. The number of pyridine rings is 1. The van der Waals surface area contributed by atoms with E-state index in [0.717, 1.165) is 38.1 Å². The predicted octanol–water partition coefficient (Wildman–Crippen LogP) is 4.85. The fourth-order valence-electron chi connectivity index (χ4n) is 3.84. The van der Waals surface area contributed by atoms with Crippen molar-refractivity contribution in [3.8, 4) is 11.3 Å². The number of aliphatic hydroxyl groups excluding tert-OH is 1. The number of methoxy groups -OCH3 is 1. The maximum atomic E-state index is 13.2. The number of ether oxygens (including phenoxy) is 1. The molecule has 2 heterocycles. The molecule has 2 aromatic heterocycles. The summed E-state index contributed by atoms with van der Waals surface area (Å²) in [5.74, 6) is 0.662. The minimum atomic E-state index is -4.54. The first-order valence-electron chi connectivity index (χ1n) is 10.9. The highest BCUT2D eigenvalue weighted by Crippen LogP contribution is 2.34. The standard InChI is InChI=1S/C23H24F3N5O.CH4O/c1-32-12-11-27-22-17(9-10-20(31-22)23(24,25)26)19-13-21(29-14-28-19)30-18-8-4-6-15-5-2-3-7-16(15)18;1-2/h4,6,8-10,13-14H,2-3,5,7,11-12H2,1H3,(H,27,31)(H,28,29,30);2H,1H3. The molecular formula is C24H28F3N5O2. The Hall–Kier alpha value is -3.24. The minimum absolute atomic E-state index is 0.0959. The van der Waals surface area contributed by atoms with Gasteiger partial charge in [-0.2, -0.15) is 13.2 Å². The molecule has 1 aromatic carbocycles. The van der Waals surface area contributed by atoms with Crippen molar-refractivity contribution in [1.29, 1.82) is 0 Å². The molecule has 0 saturated heterocycles. The van der Waals surface area contributed by atoms with Gasteiger partial charge < -0.3 is 20.5 Å². The maximum Gasteiger partial charge on any atom is 0.433 e. The van der Waals surface area contributed by atoms with Gasteiger partial charge in [0, 0.05) is 38.1 Å². The number of aromatic nitrogens is 3. The highest BCUT2D eigenvalue weighted by molar-refractivity contribution is 5.75. The molecule has 0 aliphatic heterocycles. The first-order valence-corrected chi connectivity index (χ1v) is 10.9. The third kappa shape index (κ3) is 6.21. The molecule has 10 heteroatoms. The number of nitrogens with one attached hydrogen (secondary N) is 2. The lowest BCUT2D eigenvalue weighted by Gasteiger charge is -2.20. The van der Waals surface area contributed by atoms with Crippen LogP contribution in [0.15, 0.2) is 42.7 Å². The monoisotopic (exact) mass is 475 g/mol. The lowest BCUT2D eigenvalue weighted by atomic mass is 9.90. The highest BCUT2D eigenvalue weighted by Gasteiger charge is 2.33. The van der Waals surface area contributed by atoms with Crippen molar-refractivity contribution < 1.29 is 23.0 Å². The van der Waals surface area contributed by atoms with Gasteiger partial charge >= 0.3 is 6.18 Å². The Labute approximate surface area is 196 Å². The van der Waals surface area contributed by atoms with Crippen molar-refractivity contribution >= 4 is 17.3 Å². The van der Waals surface area contributed by atoms with Gasteiger partial charge in [0.05, 0.1) is 12.3 Å². The predicted molar refractivity (Wildman–Crippen MR) is 125 cm³/mol. The summed E-state index contributed by atoms with van der Waals surface area (Å²) in [5.41, 5.74) is 3.58. The molecule has 0 radical (unpaired) electrons. The molecule has 182 valence electrons. The number of aryl methyl sites for hydroxylation is 1. The van der Waals surface area contributed by atoms with E-state index < -0.39 is 11.9 Å². The number of anilines is 3. The number of benzene rings is 1. The fraction of sp³-hybridized carbons (Fsp3) is 0.375. The number of rotatable bonds is 7. The first-order chi connectivity index (χ1) is 16.5. The molecule has 0 atom stereocenters. The van der Waals surface area contributed by atoms with E-state index >= 15 is 0 Å². The van der Waals surface area contributed by atoms with Crippen LogP contribution in [0.2, 0.25) is 0 Å². The van der Waals surface area contributed by atoms with Gasteiger partial charge in [-0.05, 0) is 55.0 Å². The number of nitrogens with zero attached hydrogens (tertiary/aromatic N) is 3. The zero-order valence-corrected chi connectivity index (χ0v) is 19.1. The first kappa shape index (κ1) is 25.4.